The van der Waals surface area contributed by atoms with Gasteiger partial charge in [-0.15, -0.1) is 0 Å². The van der Waals surface area contributed by atoms with Crippen molar-refractivity contribution in [3.63, 3.8) is 0 Å². The number of ether oxygens (including phenoxy) is 2. The fourth-order valence-electron chi connectivity index (χ4n) is 4.09. The largest absolute Gasteiger partial charge is 0.495 e. The average molecular weight is 472 g/mol. The summed E-state index contributed by atoms with van der Waals surface area (Å²) in [5.74, 6) is 0.770. The number of carbonyl (C=O) groups excluding carboxylic acids is 1. The predicted molar refractivity (Wildman–Crippen MR) is 130 cm³/mol. The molecule has 1 heterocycles. The summed E-state index contributed by atoms with van der Waals surface area (Å²) in [5, 5.41) is 9.86. The second-order valence-corrected chi connectivity index (χ2v) is 8.29. The van der Waals surface area contributed by atoms with Crippen LogP contribution in [0, 0.1) is 0 Å². The third-order valence-corrected chi connectivity index (χ3v) is 6.02. The lowest BCUT2D eigenvalue weighted by atomic mass is 9.95. The van der Waals surface area contributed by atoms with Crippen LogP contribution in [0.5, 0.6) is 11.5 Å². The first-order chi connectivity index (χ1) is 16.0. The van der Waals surface area contributed by atoms with Crippen LogP contribution in [0.25, 0.3) is 11.0 Å². The van der Waals surface area contributed by atoms with Crippen molar-refractivity contribution in [3.05, 3.63) is 51.8 Å². The first kappa shape index (κ1) is 22.8. The van der Waals surface area contributed by atoms with Gasteiger partial charge in [0.25, 0.3) is 0 Å². The molecule has 0 atom stereocenters. The van der Waals surface area contributed by atoms with E-state index in [0.29, 0.717) is 33.5 Å². The number of methoxy groups -OCH3 is 2. The van der Waals surface area contributed by atoms with Crippen LogP contribution in [0.3, 0.4) is 0 Å². The maximum Gasteiger partial charge on any atom is 0.362 e. The average Bonchev–Trinajstić information content (AvgIpc) is 2.82. The van der Waals surface area contributed by atoms with Gasteiger partial charge < -0.3 is 24.5 Å². The number of urea groups is 1. The van der Waals surface area contributed by atoms with Gasteiger partial charge in [-0.2, -0.15) is 0 Å². The fraction of sp³-hybridized carbons (Fsp3) is 0.333. The van der Waals surface area contributed by atoms with Crippen LogP contribution in [0.15, 0.2) is 45.6 Å². The number of para-hydroxylation sites is 1. The summed E-state index contributed by atoms with van der Waals surface area (Å²) < 4.78 is 16.0. The van der Waals surface area contributed by atoms with Crippen molar-refractivity contribution in [1.82, 2.24) is 0 Å². The number of amides is 2. The molecule has 2 aromatic carbocycles. The molecule has 174 valence electrons. The molecule has 1 aromatic heterocycles. The Labute approximate surface area is 196 Å². The molecule has 4 rings (SSSR count). The molecule has 1 aliphatic carbocycles. The lowest BCUT2D eigenvalue weighted by Crippen LogP contribution is -2.28. The second kappa shape index (κ2) is 10.0. The SMILES string of the molecule is COc1cc(OC)c(NC(=O)Nc2c(NC3CCCCC3)c3ccccc3oc2=O)cc1Cl. The maximum atomic E-state index is 12.9. The fourth-order valence-corrected chi connectivity index (χ4v) is 4.33. The van der Waals surface area contributed by atoms with Crippen molar-refractivity contribution in [2.45, 2.75) is 38.1 Å². The molecule has 0 aliphatic heterocycles. The Morgan fingerprint density at radius 3 is 2.45 bits per heavy atom. The number of nitrogens with one attached hydrogen (secondary N) is 3. The Bertz CT molecular complexity index is 1220. The van der Waals surface area contributed by atoms with Crippen LogP contribution in [0.2, 0.25) is 5.02 Å². The van der Waals surface area contributed by atoms with Crippen molar-refractivity contribution >= 4 is 45.7 Å². The highest BCUT2D eigenvalue weighted by molar-refractivity contribution is 6.32. The van der Waals surface area contributed by atoms with E-state index in [9.17, 15) is 9.59 Å². The molecule has 2 amide bonds. The minimum absolute atomic E-state index is 0.0512. The van der Waals surface area contributed by atoms with Crippen LogP contribution < -0.4 is 31.0 Å². The first-order valence-corrected chi connectivity index (χ1v) is 11.2. The van der Waals surface area contributed by atoms with Crippen molar-refractivity contribution in [2.24, 2.45) is 0 Å². The molecular weight excluding hydrogens is 446 g/mol. The summed E-state index contributed by atoms with van der Waals surface area (Å²) in [6.07, 6.45) is 5.45. The first-order valence-electron chi connectivity index (χ1n) is 10.8. The van der Waals surface area contributed by atoms with Gasteiger partial charge in [0.05, 0.1) is 30.6 Å². The van der Waals surface area contributed by atoms with E-state index in [0.717, 1.165) is 31.1 Å². The molecule has 1 saturated carbocycles. The van der Waals surface area contributed by atoms with E-state index in [1.165, 1.54) is 26.7 Å². The van der Waals surface area contributed by atoms with Gasteiger partial charge in [-0.1, -0.05) is 43.0 Å². The van der Waals surface area contributed by atoms with Crippen LogP contribution in [0.4, 0.5) is 21.9 Å². The number of carbonyl (C=O) groups is 1. The molecule has 8 nitrogen and oxygen atoms in total. The summed E-state index contributed by atoms with van der Waals surface area (Å²) in [7, 11) is 2.95. The summed E-state index contributed by atoms with van der Waals surface area (Å²) >= 11 is 6.20. The van der Waals surface area contributed by atoms with Crippen molar-refractivity contribution in [2.75, 3.05) is 30.2 Å². The van der Waals surface area contributed by atoms with Crippen LogP contribution >= 0.6 is 11.6 Å². The van der Waals surface area contributed by atoms with E-state index in [-0.39, 0.29) is 11.7 Å². The summed E-state index contributed by atoms with van der Waals surface area (Å²) in [6.45, 7) is 0. The Hall–Kier alpha value is -3.39. The van der Waals surface area contributed by atoms with Crippen LogP contribution in [-0.2, 0) is 0 Å². The number of benzene rings is 2. The molecule has 3 N–H and O–H groups in total. The predicted octanol–water partition coefficient (Wildman–Crippen LogP) is 5.85. The Kier molecular flexibility index (Phi) is 6.93. The van der Waals surface area contributed by atoms with Gasteiger partial charge in [0.2, 0.25) is 0 Å². The standard InChI is InChI=1S/C24H26ClN3O5/c1-31-19-13-20(32-2)17(12-16(19)25)27-24(30)28-22-21(26-14-8-4-3-5-9-14)15-10-6-7-11-18(15)33-23(22)29/h6-7,10-14,26H,3-5,8-9H2,1-2H3,(H2,27,28,30). The zero-order valence-electron chi connectivity index (χ0n) is 18.5. The number of halogens is 1. The summed E-state index contributed by atoms with van der Waals surface area (Å²) in [4.78, 5) is 25.7. The number of anilines is 3. The lowest BCUT2D eigenvalue weighted by Gasteiger charge is -2.25. The van der Waals surface area contributed by atoms with Crippen molar-refractivity contribution < 1.29 is 18.7 Å². The van der Waals surface area contributed by atoms with Gasteiger partial charge >= 0.3 is 11.7 Å². The number of hydrogen-bond donors (Lipinski definition) is 3. The van der Waals surface area contributed by atoms with E-state index in [2.05, 4.69) is 16.0 Å². The van der Waals surface area contributed by atoms with E-state index in [4.69, 9.17) is 25.5 Å². The van der Waals surface area contributed by atoms with Gasteiger partial charge in [0, 0.05) is 17.5 Å². The molecule has 1 aliphatic rings. The van der Waals surface area contributed by atoms with E-state index in [1.807, 2.05) is 12.1 Å². The molecule has 0 bridgehead atoms. The van der Waals surface area contributed by atoms with Gasteiger partial charge in [0.15, 0.2) is 5.69 Å². The van der Waals surface area contributed by atoms with Gasteiger partial charge in [-0.25, -0.2) is 9.59 Å². The van der Waals surface area contributed by atoms with Gasteiger partial charge in [-0.3, -0.25) is 5.32 Å². The molecule has 0 saturated heterocycles. The second-order valence-electron chi connectivity index (χ2n) is 7.88. The maximum absolute atomic E-state index is 12.9. The highest BCUT2D eigenvalue weighted by atomic mass is 35.5. The molecule has 33 heavy (non-hydrogen) atoms. The van der Waals surface area contributed by atoms with Crippen molar-refractivity contribution in [1.29, 1.82) is 0 Å². The zero-order chi connectivity index (χ0) is 23.4. The zero-order valence-corrected chi connectivity index (χ0v) is 19.3. The molecule has 0 radical (unpaired) electrons. The molecular formula is C24H26ClN3O5. The monoisotopic (exact) mass is 471 g/mol. The normalized spacial score (nSPS) is 14.0. The van der Waals surface area contributed by atoms with Gasteiger partial charge in [0.1, 0.15) is 17.1 Å². The molecule has 1 fully saturated rings. The topological polar surface area (TPSA) is 102 Å². The van der Waals surface area contributed by atoms with Crippen LogP contribution in [-0.4, -0.2) is 26.3 Å². The van der Waals surface area contributed by atoms with E-state index < -0.39 is 11.7 Å². The summed E-state index contributed by atoms with van der Waals surface area (Å²) in [5.41, 5.74) is 0.754. The number of rotatable bonds is 6. The Morgan fingerprint density at radius 2 is 1.73 bits per heavy atom. The number of hydrogen-bond acceptors (Lipinski definition) is 6. The van der Waals surface area contributed by atoms with E-state index in [1.54, 1.807) is 18.2 Å². The lowest BCUT2D eigenvalue weighted by molar-refractivity contribution is 0.262. The van der Waals surface area contributed by atoms with Crippen molar-refractivity contribution in [3.8, 4) is 11.5 Å². The molecule has 9 heteroatoms. The minimum Gasteiger partial charge on any atom is -0.495 e. The third-order valence-electron chi connectivity index (χ3n) is 5.73. The highest BCUT2D eigenvalue weighted by Crippen LogP contribution is 2.36. The number of fused-ring (bicyclic) bond motifs is 1. The molecule has 3 aromatic rings. The van der Waals surface area contributed by atoms with Gasteiger partial charge in [-0.05, 0) is 31.0 Å². The smallest absolute Gasteiger partial charge is 0.362 e. The quantitative estimate of drug-likeness (QED) is 0.389. The third kappa shape index (κ3) is 5.01. The minimum atomic E-state index is -0.637. The summed E-state index contributed by atoms with van der Waals surface area (Å²) in [6, 6.07) is 9.92. The van der Waals surface area contributed by atoms with Crippen LogP contribution in [0.1, 0.15) is 32.1 Å². The Morgan fingerprint density at radius 1 is 1.00 bits per heavy atom. The Balaban J connectivity index is 1.66. The highest BCUT2D eigenvalue weighted by Gasteiger charge is 2.22. The molecule has 0 unspecified atom stereocenters. The van der Waals surface area contributed by atoms with E-state index >= 15 is 0 Å². The molecule has 0 spiro atoms.